The molecule has 90 valence electrons. The smallest absolute Gasteiger partial charge is 0.228 e. The molecular formula is C8H12Cl2N4O2. The number of methoxy groups -OCH3 is 1. The predicted molar refractivity (Wildman–Crippen MR) is 60.8 cm³/mol. The number of aliphatic hydroxyl groups excluding tert-OH is 1. The predicted octanol–water partition coefficient (Wildman–Crippen LogP) is 0.988. The van der Waals surface area contributed by atoms with E-state index >= 15 is 0 Å². The van der Waals surface area contributed by atoms with E-state index in [0.29, 0.717) is 19.6 Å². The van der Waals surface area contributed by atoms with Crippen molar-refractivity contribution in [3.05, 3.63) is 10.6 Å². The zero-order chi connectivity index (χ0) is 12.0. The lowest BCUT2D eigenvalue weighted by Gasteiger charge is -2.09. The van der Waals surface area contributed by atoms with E-state index in [9.17, 15) is 5.11 Å². The summed E-state index contributed by atoms with van der Waals surface area (Å²) in [6.45, 7) is 0.779. The van der Waals surface area contributed by atoms with Gasteiger partial charge in [0.05, 0.1) is 12.7 Å². The number of hydrogen-bond donors (Lipinski definition) is 2. The zero-order valence-electron chi connectivity index (χ0n) is 8.65. The molecule has 0 bridgehead atoms. The molecule has 8 heteroatoms. The van der Waals surface area contributed by atoms with Gasteiger partial charge in [-0.25, -0.2) is 0 Å². The van der Waals surface area contributed by atoms with Crippen LogP contribution in [0.3, 0.4) is 0 Å². The van der Waals surface area contributed by atoms with Crippen molar-refractivity contribution in [2.75, 3.05) is 25.6 Å². The maximum absolute atomic E-state index is 9.37. The summed E-state index contributed by atoms with van der Waals surface area (Å²) in [5.41, 5.74) is 0. The Labute approximate surface area is 103 Å². The molecule has 0 amide bonds. The van der Waals surface area contributed by atoms with Crippen molar-refractivity contribution in [2.24, 2.45) is 0 Å². The molecule has 0 aliphatic heterocycles. The molecule has 1 rings (SSSR count). The fourth-order valence-corrected chi connectivity index (χ4v) is 1.39. The minimum absolute atomic E-state index is 0.0277. The number of nitrogens with one attached hydrogen (secondary N) is 1. The summed E-state index contributed by atoms with van der Waals surface area (Å²) in [5.74, 6) is 0.287. The van der Waals surface area contributed by atoms with E-state index in [1.54, 1.807) is 0 Å². The molecule has 0 saturated carbocycles. The second kappa shape index (κ2) is 6.80. The summed E-state index contributed by atoms with van der Waals surface area (Å²) >= 11 is 11.2. The molecule has 16 heavy (non-hydrogen) atoms. The summed E-state index contributed by atoms with van der Waals surface area (Å²) in [6.07, 6.45) is -0.0142. The van der Waals surface area contributed by atoms with E-state index in [0.717, 1.165) is 0 Å². The van der Waals surface area contributed by atoms with Crippen molar-refractivity contribution in [3.63, 3.8) is 0 Å². The normalized spacial score (nSPS) is 12.5. The van der Waals surface area contributed by atoms with E-state index in [1.807, 2.05) is 0 Å². The van der Waals surface area contributed by atoms with E-state index in [2.05, 4.69) is 20.3 Å². The Balaban J connectivity index is 2.37. The first-order chi connectivity index (χ1) is 7.61. The average Bonchev–Trinajstić information content (AvgIpc) is 2.16. The van der Waals surface area contributed by atoms with Gasteiger partial charge in [0.25, 0.3) is 0 Å². The van der Waals surface area contributed by atoms with Gasteiger partial charge in [0, 0.05) is 13.7 Å². The van der Waals surface area contributed by atoms with Gasteiger partial charge < -0.3 is 15.2 Å². The van der Waals surface area contributed by atoms with Gasteiger partial charge in [-0.3, -0.25) is 0 Å². The van der Waals surface area contributed by atoms with Crippen molar-refractivity contribution in [3.8, 4) is 0 Å². The van der Waals surface area contributed by atoms with Gasteiger partial charge in [-0.2, -0.15) is 15.0 Å². The molecule has 0 aromatic carbocycles. The second-order valence-corrected chi connectivity index (χ2v) is 3.70. The van der Waals surface area contributed by atoms with Crippen LogP contribution in [0, 0.1) is 0 Å². The van der Waals surface area contributed by atoms with E-state index < -0.39 is 6.10 Å². The molecule has 1 atom stereocenters. The Morgan fingerprint density at radius 2 is 1.94 bits per heavy atom. The Morgan fingerprint density at radius 3 is 2.50 bits per heavy atom. The van der Waals surface area contributed by atoms with Crippen LogP contribution in [0.15, 0.2) is 0 Å². The fraction of sp³-hybridized carbons (Fsp3) is 0.625. The minimum atomic E-state index is -0.523. The summed E-state index contributed by atoms with van der Waals surface area (Å²) < 4.78 is 4.78. The number of halogens is 2. The lowest BCUT2D eigenvalue weighted by molar-refractivity contribution is 0.0615. The summed E-state index contributed by atoms with van der Waals surface area (Å²) in [7, 11) is 1.53. The van der Waals surface area contributed by atoms with E-state index in [1.165, 1.54) is 7.11 Å². The van der Waals surface area contributed by atoms with Gasteiger partial charge in [-0.15, -0.1) is 0 Å². The highest BCUT2D eigenvalue weighted by Crippen LogP contribution is 2.09. The molecule has 1 unspecified atom stereocenters. The SMILES string of the molecule is COCC(O)CCNc1nc(Cl)nc(Cl)n1. The van der Waals surface area contributed by atoms with Gasteiger partial charge >= 0.3 is 0 Å². The highest BCUT2D eigenvalue weighted by Gasteiger charge is 2.05. The number of nitrogens with zero attached hydrogens (tertiary/aromatic N) is 3. The van der Waals surface area contributed by atoms with E-state index in [4.69, 9.17) is 27.9 Å². The van der Waals surface area contributed by atoms with Gasteiger partial charge in [0.2, 0.25) is 16.5 Å². The van der Waals surface area contributed by atoms with Crippen LogP contribution in [0.25, 0.3) is 0 Å². The first-order valence-electron chi connectivity index (χ1n) is 4.59. The number of aliphatic hydroxyl groups is 1. The van der Waals surface area contributed by atoms with Crippen molar-refractivity contribution >= 4 is 29.2 Å². The third-order valence-corrected chi connectivity index (χ3v) is 2.04. The van der Waals surface area contributed by atoms with Crippen molar-refractivity contribution in [1.82, 2.24) is 15.0 Å². The maximum Gasteiger partial charge on any atom is 0.228 e. The number of anilines is 1. The first-order valence-corrected chi connectivity index (χ1v) is 5.35. The van der Waals surface area contributed by atoms with Gasteiger partial charge in [-0.05, 0) is 29.6 Å². The lowest BCUT2D eigenvalue weighted by atomic mass is 10.3. The van der Waals surface area contributed by atoms with Crippen LogP contribution >= 0.6 is 23.2 Å². The van der Waals surface area contributed by atoms with Crippen LogP contribution in [-0.2, 0) is 4.74 Å². The monoisotopic (exact) mass is 266 g/mol. The largest absolute Gasteiger partial charge is 0.391 e. The molecule has 1 aromatic heterocycles. The number of rotatable bonds is 6. The van der Waals surface area contributed by atoms with Crippen LogP contribution in [0.1, 0.15) is 6.42 Å². The maximum atomic E-state index is 9.37. The van der Waals surface area contributed by atoms with Crippen molar-refractivity contribution in [2.45, 2.75) is 12.5 Å². The van der Waals surface area contributed by atoms with Crippen LogP contribution in [0.2, 0.25) is 10.6 Å². The molecule has 0 fully saturated rings. The van der Waals surface area contributed by atoms with Crippen LogP contribution < -0.4 is 5.32 Å². The number of hydrogen-bond acceptors (Lipinski definition) is 6. The molecule has 0 spiro atoms. The minimum Gasteiger partial charge on any atom is -0.391 e. The van der Waals surface area contributed by atoms with Crippen LogP contribution in [0.5, 0.6) is 0 Å². The Bertz CT molecular complexity index is 320. The topological polar surface area (TPSA) is 80.2 Å². The first kappa shape index (κ1) is 13.4. The average molecular weight is 267 g/mol. The quantitative estimate of drug-likeness (QED) is 0.800. The van der Waals surface area contributed by atoms with Gasteiger partial charge in [0.15, 0.2) is 0 Å². The molecule has 0 aliphatic carbocycles. The molecule has 0 saturated heterocycles. The standard InChI is InChI=1S/C8H12Cl2N4O2/c1-16-4-5(15)2-3-11-8-13-6(9)12-7(10)14-8/h5,15H,2-4H2,1H3,(H,11,12,13,14). The summed E-state index contributed by atoms with van der Waals surface area (Å²) in [5, 5.41) is 12.3. The molecule has 2 N–H and O–H groups in total. The molecular weight excluding hydrogens is 255 g/mol. The van der Waals surface area contributed by atoms with Gasteiger partial charge in [-0.1, -0.05) is 0 Å². The summed E-state index contributed by atoms with van der Waals surface area (Å²) in [6, 6.07) is 0. The van der Waals surface area contributed by atoms with Crippen LogP contribution in [0.4, 0.5) is 5.95 Å². The third-order valence-electron chi connectivity index (χ3n) is 1.70. The highest BCUT2D eigenvalue weighted by atomic mass is 35.5. The molecule has 0 aliphatic rings. The molecule has 6 nitrogen and oxygen atoms in total. The fourth-order valence-electron chi connectivity index (χ4n) is 1.03. The second-order valence-electron chi connectivity index (χ2n) is 3.02. The third kappa shape index (κ3) is 4.89. The van der Waals surface area contributed by atoms with Crippen molar-refractivity contribution in [1.29, 1.82) is 0 Å². The summed E-state index contributed by atoms with van der Waals surface area (Å²) in [4.78, 5) is 11.2. The Kier molecular flexibility index (Phi) is 5.68. The Morgan fingerprint density at radius 1 is 1.31 bits per heavy atom. The lowest BCUT2D eigenvalue weighted by Crippen LogP contribution is -2.19. The van der Waals surface area contributed by atoms with Crippen LogP contribution in [-0.4, -0.2) is 46.4 Å². The molecule has 1 heterocycles. The van der Waals surface area contributed by atoms with Crippen molar-refractivity contribution < 1.29 is 9.84 Å². The molecule has 0 radical (unpaired) electrons. The van der Waals surface area contributed by atoms with Gasteiger partial charge in [0.1, 0.15) is 0 Å². The van der Waals surface area contributed by atoms with E-state index in [-0.39, 0.29) is 16.5 Å². The number of aromatic nitrogens is 3. The number of ether oxygens (including phenoxy) is 1. The Hall–Kier alpha value is -0.690. The zero-order valence-corrected chi connectivity index (χ0v) is 10.2. The molecule has 1 aromatic rings. The highest BCUT2D eigenvalue weighted by molar-refractivity contribution is 6.31.